The summed E-state index contributed by atoms with van der Waals surface area (Å²) < 4.78 is 1.90. The summed E-state index contributed by atoms with van der Waals surface area (Å²) in [7, 11) is 1.98. The number of aryl methyl sites for hydroxylation is 1. The maximum absolute atomic E-state index is 8.90. The van der Waals surface area contributed by atoms with Crippen molar-refractivity contribution in [3.8, 4) is 17.3 Å². The van der Waals surface area contributed by atoms with Crippen LogP contribution in [0.3, 0.4) is 0 Å². The molecule has 0 saturated carbocycles. The van der Waals surface area contributed by atoms with Gasteiger partial charge < -0.3 is 4.90 Å². The standard InChI is InChI=1S/C21H22N6/c1-25-15-19(21(24-25)18-5-3-2-4-6-18)16-26-9-11-27(12-10-26)20-8-7-17(13-22)14-23-20/h2-8,14-15H,9-12,16H2,1H3. The number of piperazine rings is 1. The molecule has 1 fully saturated rings. The van der Waals surface area contributed by atoms with Gasteiger partial charge in [-0.05, 0) is 12.1 Å². The molecular weight excluding hydrogens is 336 g/mol. The average molecular weight is 358 g/mol. The molecule has 1 aromatic carbocycles. The van der Waals surface area contributed by atoms with Crippen molar-refractivity contribution in [2.45, 2.75) is 6.54 Å². The number of nitrogens with zero attached hydrogens (tertiary/aromatic N) is 6. The maximum atomic E-state index is 8.90. The average Bonchev–Trinajstić information content (AvgIpc) is 3.09. The molecule has 0 amide bonds. The second-order valence-corrected chi connectivity index (χ2v) is 6.82. The molecule has 0 N–H and O–H groups in total. The van der Waals surface area contributed by atoms with Gasteiger partial charge in [0.05, 0.1) is 11.3 Å². The van der Waals surface area contributed by atoms with Gasteiger partial charge in [-0.15, -0.1) is 0 Å². The minimum atomic E-state index is 0.599. The Morgan fingerprint density at radius 1 is 1.04 bits per heavy atom. The van der Waals surface area contributed by atoms with Crippen molar-refractivity contribution in [1.82, 2.24) is 19.7 Å². The summed E-state index contributed by atoms with van der Waals surface area (Å²) >= 11 is 0. The van der Waals surface area contributed by atoms with Crippen LogP contribution >= 0.6 is 0 Å². The third kappa shape index (κ3) is 3.83. The summed E-state index contributed by atoms with van der Waals surface area (Å²) in [4.78, 5) is 9.15. The van der Waals surface area contributed by atoms with Crippen molar-refractivity contribution in [3.63, 3.8) is 0 Å². The van der Waals surface area contributed by atoms with Crippen LogP contribution in [0, 0.1) is 11.3 Å². The van der Waals surface area contributed by atoms with Crippen molar-refractivity contribution in [3.05, 3.63) is 66.0 Å². The van der Waals surface area contributed by atoms with E-state index < -0.39 is 0 Å². The Kier molecular flexibility index (Phi) is 4.86. The van der Waals surface area contributed by atoms with E-state index in [0.29, 0.717) is 5.56 Å². The number of rotatable bonds is 4. The topological polar surface area (TPSA) is 61.0 Å². The van der Waals surface area contributed by atoms with Crippen molar-refractivity contribution in [2.75, 3.05) is 31.1 Å². The van der Waals surface area contributed by atoms with E-state index in [9.17, 15) is 0 Å². The van der Waals surface area contributed by atoms with Crippen LogP contribution in [0.4, 0.5) is 5.82 Å². The first-order valence-electron chi connectivity index (χ1n) is 9.14. The van der Waals surface area contributed by atoms with Gasteiger partial charge in [0.1, 0.15) is 11.9 Å². The zero-order valence-electron chi connectivity index (χ0n) is 15.4. The molecule has 3 aromatic rings. The molecule has 4 rings (SSSR count). The van der Waals surface area contributed by atoms with Crippen LogP contribution in [-0.2, 0) is 13.6 Å². The van der Waals surface area contributed by atoms with Crippen LogP contribution < -0.4 is 4.90 Å². The molecule has 0 radical (unpaired) electrons. The molecule has 0 unspecified atom stereocenters. The number of pyridine rings is 1. The summed E-state index contributed by atoms with van der Waals surface area (Å²) in [6, 6.07) is 16.2. The van der Waals surface area contributed by atoms with Crippen LogP contribution in [0.1, 0.15) is 11.1 Å². The fraction of sp³-hybridized carbons (Fsp3) is 0.286. The van der Waals surface area contributed by atoms with Crippen molar-refractivity contribution < 1.29 is 0 Å². The van der Waals surface area contributed by atoms with E-state index in [4.69, 9.17) is 5.26 Å². The minimum absolute atomic E-state index is 0.599. The molecule has 2 aromatic heterocycles. The molecule has 3 heterocycles. The number of aromatic nitrogens is 3. The third-order valence-electron chi connectivity index (χ3n) is 4.92. The molecule has 0 atom stereocenters. The molecule has 0 spiro atoms. The van der Waals surface area contributed by atoms with Gasteiger partial charge in [-0.3, -0.25) is 9.58 Å². The molecule has 0 aliphatic carbocycles. The first-order valence-corrected chi connectivity index (χ1v) is 9.14. The lowest BCUT2D eigenvalue weighted by atomic mass is 10.1. The largest absolute Gasteiger partial charge is 0.354 e. The smallest absolute Gasteiger partial charge is 0.128 e. The van der Waals surface area contributed by atoms with E-state index in [2.05, 4.69) is 56.4 Å². The first-order chi connectivity index (χ1) is 13.2. The fourth-order valence-electron chi connectivity index (χ4n) is 3.51. The second-order valence-electron chi connectivity index (χ2n) is 6.82. The number of anilines is 1. The van der Waals surface area contributed by atoms with Gasteiger partial charge in [-0.2, -0.15) is 10.4 Å². The van der Waals surface area contributed by atoms with Crippen molar-refractivity contribution in [2.24, 2.45) is 7.05 Å². The van der Waals surface area contributed by atoms with Gasteiger partial charge in [0.15, 0.2) is 0 Å². The summed E-state index contributed by atoms with van der Waals surface area (Å²) in [5.41, 5.74) is 4.08. The molecule has 27 heavy (non-hydrogen) atoms. The van der Waals surface area contributed by atoms with E-state index in [1.807, 2.05) is 29.9 Å². The molecule has 6 heteroatoms. The third-order valence-corrected chi connectivity index (χ3v) is 4.92. The first kappa shape index (κ1) is 17.3. The highest BCUT2D eigenvalue weighted by atomic mass is 15.3. The van der Waals surface area contributed by atoms with E-state index in [1.165, 1.54) is 5.56 Å². The lowest BCUT2D eigenvalue weighted by molar-refractivity contribution is 0.249. The van der Waals surface area contributed by atoms with Crippen LogP contribution in [0.25, 0.3) is 11.3 Å². The Morgan fingerprint density at radius 3 is 2.48 bits per heavy atom. The van der Waals surface area contributed by atoms with Gasteiger partial charge in [0.25, 0.3) is 0 Å². The molecular formula is C21H22N6. The van der Waals surface area contributed by atoms with Crippen LogP contribution in [-0.4, -0.2) is 45.8 Å². The Balaban J connectivity index is 1.42. The molecule has 1 aliphatic heterocycles. The Morgan fingerprint density at radius 2 is 1.81 bits per heavy atom. The molecule has 0 bridgehead atoms. The highest BCUT2D eigenvalue weighted by molar-refractivity contribution is 5.62. The predicted octanol–water partition coefficient (Wildman–Crippen LogP) is 2.68. The van der Waals surface area contributed by atoms with E-state index in [-0.39, 0.29) is 0 Å². The van der Waals surface area contributed by atoms with Gasteiger partial charge in [0, 0.05) is 63.3 Å². The van der Waals surface area contributed by atoms with Crippen molar-refractivity contribution >= 4 is 5.82 Å². The normalized spacial score (nSPS) is 14.9. The summed E-state index contributed by atoms with van der Waals surface area (Å²) in [5, 5.41) is 13.6. The lowest BCUT2D eigenvalue weighted by Gasteiger charge is -2.35. The minimum Gasteiger partial charge on any atom is -0.354 e. The fourth-order valence-corrected chi connectivity index (χ4v) is 3.51. The van der Waals surface area contributed by atoms with E-state index in [1.54, 1.807) is 6.20 Å². The highest BCUT2D eigenvalue weighted by Gasteiger charge is 2.20. The Labute approximate surface area is 159 Å². The van der Waals surface area contributed by atoms with E-state index in [0.717, 1.165) is 49.8 Å². The molecule has 1 saturated heterocycles. The summed E-state index contributed by atoms with van der Waals surface area (Å²) in [5.74, 6) is 0.944. The quantitative estimate of drug-likeness (QED) is 0.718. The number of nitriles is 1. The Hall–Kier alpha value is -3.17. The van der Waals surface area contributed by atoms with Crippen LogP contribution in [0.15, 0.2) is 54.9 Å². The molecule has 1 aliphatic rings. The van der Waals surface area contributed by atoms with Crippen LogP contribution in [0.2, 0.25) is 0 Å². The number of hydrogen-bond acceptors (Lipinski definition) is 5. The zero-order valence-corrected chi connectivity index (χ0v) is 15.4. The monoisotopic (exact) mass is 358 g/mol. The Bertz CT molecular complexity index is 931. The van der Waals surface area contributed by atoms with Crippen molar-refractivity contribution in [1.29, 1.82) is 5.26 Å². The zero-order chi connectivity index (χ0) is 18.6. The predicted molar refractivity (Wildman–Crippen MR) is 105 cm³/mol. The van der Waals surface area contributed by atoms with Gasteiger partial charge in [0.2, 0.25) is 0 Å². The lowest BCUT2D eigenvalue weighted by Crippen LogP contribution is -2.46. The van der Waals surface area contributed by atoms with Crippen LogP contribution in [0.5, 0.6) is 0 Å². The van der Waals surface area contributed by atoms with Gasteiger partial charge >= 0.3 is 0 Å². The molecule has 6 nitrogen and oxygen atoms in total. The second kappa shape index (κ2) is 7.60. The SMILES string of the molecule is Cn1cc(CN2CCN(c3ccc(C#N)cn3)CC2)c(-c2ccccc2)n1. The number of hydrogen-bond donors (Lipinski definition) is 0. The van der Waals surface area contributed by atoms with Gasteiger partial charge in [-0.1, -0.05) is 30.3 Å². The van der Waals surface area contributed by atoms with Gasteiger partial charge in [-0.25, -0.2) is 4.98 Å². The highest BCUT2D eigenvalue weighted by Crippen LogP contribution is 2.23. The van der Waals surface area contributed by atoms with E-state index >= 15 is 0 Å². The summed E-state index contributed by atoms with van der Waals surface area (Å²) in [6.45, 7) is 4.71. The number of benzene rings is 1. The maximum Gasteiger partial charge on any atom is 0.128 e. The summed E-state index contributed by atoms with van der Waals surface area (Å²) in [6.07, 6.45) is 3.76. The molecule has 136 valence electrons.